The van der Waals surface area contributed by atoms with Crippen LogP contribution >= 0.6 is 45.9 Å². The second-order valence-electron chi connectivity index (χ2n) is 2.20. The van der Waals surface area contributed by atoms with Gasteiger partial charge in [0.05, 0.1) is 0 Å². The summed E-state index contributed by atoms with van der Waals surface area (Å²) in [6.45, 7) is 0.0835. The van der Waals surface area contributed by atoms with Crippen LogP contribution in [0.4, 0.5) is 8.78 Å². The zero-order chi connectivity index (χ0) is 12.0. The van der Waals surface area contributed by atoms with Crippen molar-refractivity contribution in [1.29, 1.82) is 5.26 Å². The topological polar surface area (TPSA) is 45.9 Å². The van der Waals surface area contributed by atoms with Crippen molar-refractivity contribution in [3.63, 3.8) is 0 Å². The number of halogens is 3. The molecule has 84 valence electrons. The molecule has 0 aliphatic rings. The predicted molar refractivity (Wildman–Crippen MR) is 66.0 cm³/mol. The van der Waals surface area contributed by atoms with Crippen molar-refractivity contribution in [2.45, 2.75) is 9.97 Å². The molecule has 0 aliphatic heterocycles. The molecule has 0 aliphatic carbocycles. The number of nitrogens with zero attached hydrogens (tertiary/aromatic N) is 2. The lowest BCUT2D eigenvalue weighted by molar-refractivity contribution is 0.252. The largest absolute Gasteiger partial charge is 0.463 e. The van der Waals surface area contributed by atoms with Crippen molar-refractivity contribution in [1.82, 2.24) is 4.37 Å². The minimum Gasteiger partial charge on any atom is -0.463 e. The second kappa shape index (κ2) is 6.89. The Bertz CT molecular complexity index is 461. The molecule has 0 atom stereocenters. The van der Waals surface area contributed by atoms with Crippen LogP contribution in [0, 0.1) is 21.2 Å². The van der Waals surface area contributed by atoms with Gasteiger partial charge in [-0.2, -0.15) is 18.4 Å². The summed E-state index contributed by atoms with van der Waals surface area (Å²) in [5.41, 5.74) is 0.0468. The molecule has 0 saturated heterocycles. The Balaban J connectivity index is 2.81. The lowest BCUT2D eigenvalue weighted by Crippen LogP contribution is -1.95. The maximum absolute atomic E-state index is 12.1. The number of hydrogen-bond acceptors (Lipinski definition) is 5. The third-order valence-corrected chi connectivity index (χ3v) is 3.40. The Kier molecular flexibility index (Phi) is 5.80. The van der Waals surface area contributed by atoms with Crippen molar-refractivity contribution in [3.8, 4) is 21.8 Å². The molecule has 0 N–H and O–H groups in total. The van der Waals surface area contributed by atoms with Gasteiger partial charge in [-0.25, -0.2) is 0 Å². The summed E-state index contributed by atoms with van der Waals surface area (Å²) in [5, 5.41) is 8.80. The van der Waals surface area contributed by atoms with E-state index in [1.54, 1.807) is 6.07 Å². The molecule has 0 radical (unpaired) electrons. The van der Waals surface area contributed by atoms with Crippen LogP contribution in [-0.4, -0.2) is 16.7 Å². The van der Waals surface area contributed by atoms with Crippen molar-refractivity contribution >= 4 is 45.9 Å². The molecule has 0 unspecified atom stereocenters. The summed E-state index contributed by atoms with van der Waals surface area (Å²) in [6, 6.07) is 1.80. The number of rotatable bonds is 4. The third kappa shape index (κ3) is 3.77. The normalized spacial score (nSPS) is 9.44. The van der Waals surface area contributed by atoms with Gasteiger partial charge in [0, 0.05) is 22.6 Å². The summed E-state index contributed by atoms with van der Waals surface area (Å²) >= 11 is 2.96. The smallest absolute Gasteiger partial charge is 0.289 e. The van der Waals surface area contributed by atoms with Gasteiger partial charge in [-0.15, -0.1) is 0 Å². The molecule has 0 fully saturated rings. The predicted octanol–water partition coefficient (Wildman–Crippen LogP) is 3.10. The average molecular weight is 372 g/mol. The Morgan fingerprint density at radius 1 is 1.62 bits per heavy atom. The van der Waals surface area contributed by atoms with Crippen LogP contribution in [0.5, 0.6) is 5.88 Å². The van der Waals surface area contributed by atoms with E-state index in [0.717, 1.165) is 11.5 Å². The maximum atomic E-state index is 12.1. The third-order valence-electron chi connectivity index (χ3n) is 1.29. The van der Waals surface area contributed by atoms with Crippen LogP contribution in [-0.2, 0) is 0 Å². The highest BCUT2D eigenvalue weighted by molar-refractivity contribution is 14.1. The minimum atomic E-state index is -2.57. The van der Waals surface area contributed by atoms with Gasteiger partial charge in [0.1, 0.15) is 15.8 Å². The van der Waals surface area contributed by atoms with E-state index in [1.807, 2.05) is 22.6 Å². The van der Waals surface area contributed by atoms with E-state index >= 15 is 0 Å². The molecular formula is C8H3F2IN2OS2. The van der Waals surface area contributed by atoms with E-state index in [4.69, 9.17) is 10.00 Å². The summed E-state index contributed by atoms with van der Waals surface area (Å²) < 4.78 is 35.8. The highest BCUT2D eigenvalue weighted by Gasteiger charge is 2.18. The van der Waals surface area contributed by atoms with Gasteiger partial charge in [-0.1, -0.05) is 5.92 Å². The Hall–Kier alpha value is -0.580. The monoisotopic (exact) mass is 372 g/mol. The fourth-order valence-corrected chi connectivity index (χ4v) is 2.35. The molecule has 1 heterocycles. The first-order valence-electron chi connectivity index (χ1n) is 3.75. The quantitative estimate of drug-likeness (QED) is 0.463. The van der Waals surface area contributed by atoms with Crippen LogP contribution < -0.4 is 4.74 Å². The first kappa shape index (κ1) is 13.5. The standard InChI is InChI=1S/C8H3F2IN2OS2/c9-8(10)15-7-5(4-12)6(13-16-7)14-3-1-2-11/h8H,3H2. The highest BCUT2D eigenvalue weighted by Crippen LogP contribution is 2.36. The van der Waals surface area contributed by atoms with Gasteiger partial charge in [-0.3, -0.25) is 0 Å². The van der Waals surface area contributed by atoms with Crippen LogP contribution in [0.3, 0.4) is 0 Å². The molecule has 0 aromatic carbocycles. The molecule has 1 aromatic heterocycles. The van der Waals surface area contributed by atoms with Crippen LogP contribution in [0.1, 0.15) is 5.56 Å². The van der Waals surface area contributed by atoms with Gasteiger partial charge in [0.2, 0.25) is 5.88 Å². The van der Waals surface area contributed by atoms with Crippen LogP contribution in [0.15, 0.2) is 4.21 Å². The van der Waals surface area contributed by atoms with Crippen molar-refractivity contribution in [3.05, 3.63) is 5.56 Å². The van der Waals surface area contributed by atoms with Crippen molar-refractivity contribution in [2.75, 3.05) is 6.61 Å². The Labute approximate surface area is 112 Å². The zero-order valence-corrected chi connectivity index (χ0v) is 11.3. The van der Waals surface area contributed by atoms with E-state index in [9.17, 15) is 8.78 Å². The molecule has 1 aromatic rings. The summed E-state index contributed by atoms with van der Waals surface area (Å²) in [4.78, 5) is 0. The van der Waals surface area contributed by atoms with Crippen LogP contribution in [0.2, 0.25) is 0 Å². The molecule has 0 amide bonds. The summed E-state index contributed by atoms with van der Waals surface area (Å²) in [7, 11) is 0. The first-order chi connectivity index (χ1) is 7.69. The van der Waals surface area contributed by atoms with Gasteiger partial charge in [-0.05, 0) is 27.2 Å². The number of thioether (sulfide) groups is 1. The van der Waals surface area contributed by atoms with E-state index in [-0.39, 0.29) is 22.3 Å². The number of hydrogen-bond donors (Lipinski definition) is 0. The Morgan fingerprint density at radius 3 is 2.94 bits per heavy atom. The molecule has 0 saturated carbocycles. The highest BCUT2D eigenvalue weighted by atomic mass is 127. The lowest BCUT2D eigenvalue weighted by atomic mass is 10.4. The van der Waals surface area contributed by atoms with Gasteiger partial charge in [0.15, 0.2) is 6.61 Å². The van der Waals surface area contributed by atoms with Crippen molar-refractivity contribution in [2.24, 2.45) is 0 Å². The molecule has 0 spiro atoms. The summed E-state index contributed by atoms with van der Waals surface area (Å²) in [5.74, 6) is 0.103. The number of aromatic nitrogens is 1. The fourth-order valence-electron chi connectivity index (χ4n) is 0.747. The molecule has 16 heavy (non-hydrogen) atoms. The first-order valence-corrected chi connectivity index (χ1v) is 6.48. The average Bonchev–Trinajstić information content (AvgIpc) is 2.60. The lowest BCUT2D eigenvalue weighted by Gasteiger charge is -1.97. The SMILES string of the molecule is N#Cc1c(OCC#CI)nsc1SC(F)F. The van der Waals surface area contributed by atoms with Gasteiger partial charge < -0.3 is 4.74 Å². The molecule has 1 rings (SSSR count). The second-order valence-corrected chi connectivity index (χ2v) is 4.77. The summed E-state index contributed by atoms with van der Waals surface area (Å²) in [6.07, 6.45) is 0. The zero-order valence-electron chi connectivity index (χ0n) is 7.54. The Morgan fingerprint density at radius 2 is 2.38 bits per heavy atom. The van der Waals surface area contributed by atoms with Gasteiger partial charge >= 0.3 is 0 Å². The minimum absolute atomic E-state index is 0.0468. The number of alkyl halides is 2. The van der Waals surface area contributed by atoms with E-state index in [0.29, 0.717) is 11.8 Å². The van der Waals surface area contributed by atoms with E-state index in [1.165, 1.54) is 0 Å². The maximum Gasteiger partial charge on any atom is 0.289 e. The van der Waals surface area contributed by atoms with E-state index in [2.05, 4.69) is 14.2 Å². The van der Waals surface area contributed by atoms with Gasteiger partial charge in [0.25, 0.3) is 5.76 Å². The molecule has 8 heteroatoms. The molecule has 3 nitrogen and oxygen atoms in total. The number of nitriles is 1. The number of ether oxygens (including phenoxy) is 1. The fraction of sp³-hybridized carbons (Fsp3) is 0.250. The molecular weight excluding hydrogens is 369 g/mol. The van der Waals surface area contributed by atoms with Crippen molar-refractivity contribution < 1.29 is 13.5 Å². The van der Waals surface area contributed by atoms with Crippen LogP contribution in [0.25, 0.3) is 0 Å². The van der Waals surface area contributed by atoms with E-state index < -0.39 is 5.76 Å². The molecule has 0 bridgehead atoms.